The Morgan fingerprint density at radius 1 is 1.06 bits per heavy atom. The van der Waals surface area contributed by atoms with Crippen LogP contribution >= 0.6 is 0 Å². The van der Waals surface area contributed by atoms with Gasteiger partial charge in [0.2, 0.25) is 17.8 Å². The number of carbonyl (C=O) groups is 2. The van der Waals surface area contributed by atoms with E-state index >= 15 is 0 Å². The summed E-state index contributed by atoms with van der Waals surface area (Å²) in [7, 11) is 0. The summed E-state index contributed by atoms with van der Waals surface area (Å²) in [5, 5.41) is 9.58. The first-order valence-corrected chi connectivity index (χ1v) is 12.9. The quantitative estimate of drug-likeness (QED) is 0.584. The largest absolute Gasteiger partial charge is 0.370 e. The molecule has 35 heavy (non-hydrogen) atoms. The fourth-order valence-corrected chi connectivity index (χ4v) is 6.60. The number of nitrogens with zero attached hydrogens (tertiary/aromatic N) is 4. The predicted molar refractivity (Wildman–Crippen MR) is 133 cm³/mol. The van der Waals surface area contributed by atoms with Gasteiger partial charge in [-0.15, -0.1) is 0 Å². The molecule has 0 radical (unpaired) electrons. The molecule has 5 aliphatic rings. The molecule has 9 heteroatoms. The molecule has 5 heterocycles. The van der Waals surface area contributed by atoms with Gasteiger partial charge in [-0.25, -0.2) is 4.98 Å². The van der Waals surface area contributed by atoms with Crippen molar-refractivity contribution in [2.24, 2.45) is 10.8 Å². The average molecular weight is 474 g/mol. The molecule has 2 amide bonds. The monoisotopic (exact) mass is 473 g/mol. The molecular weight excluding hydrogens is 442 g/mol. The lowest BCUT2D eigenvalue weighted by Gasteiger charge is -2.57. The minimum Gasteiger partial charge on any atom is -0.370 e. The van der Waals surface area contributed by atoms with E-state index in [4.69, 9.17) is 4.98 Å². The third-order valence-corrected chi connectivity index (χ3v) is 8.69. The van der Waals surface area contributed by atoms with Crippen LogP contribution in [0.4, 0.5) is 23.1 Å². The number of aromatic nitrogens is 2. The first kappa shape index (κ1) is 21.1. The van der Waals surface area contributed by atoms with Crippen molar-refractivity contribution in [2.45, 2.75) is 44.6 Å². The Hall–Kier alpha value is -3.20. The fourth-order valence-electron chi connectivity index (χ4n) is 6.60. The average Bonchev–Trinajstić information content (AvgIpc) is 3.45. The molecule has 1 aromatic carbocycles. The summed E-state index contributed by atoms with van der Waals surface area (Å²) in [5.41, 5.74) is 2.52. The highest BCUT2D eigenvalue weighted by molar-refractivity contribution is 6.14. The molecular formula is C26H31N7O2. The summed E-state index contributed by atoms with van der Waals surface area (Å²) < 4.78 is 0. The minimum atomic E-state index is -1.01. The Morgan fingerprint density at radius 3 is 2.49 bits per heavy atom. The number of rotatable bonds is 4. The van der Waals surface area contributed by atoms with Crippen LogP contribution in [0, 0.1) is 10.8 Å². The maximum Gasteiger partial charge on any atom is 0.244 e. The SMILES string of the molecule is O=C1NCC[C@@]12Cc1cnc(Nc3ccc(N4CC5(CNC5)C4)cc3)nc1N(C1CCCC1)C2=O. The van der Waals surface area contributed by atoms with E-state index in [1.54, 1.807) is 6.20 Å². The highest BCUT2D eigenvalue weighted by Gasteiger charge is 2.56. The summed E-state index contributed by atoms with van der Waals surface area (Å²) in [6.07, 6.45) is 6.80. The molecule has 7 rings (SSSR count). The second-order valence-corrected chi connectivity index (χ2v) is 11.1. The van der Waals surface area contributed by atoms with Crippen molar-refractivity contribution in [1.29, 1.82) is 0 Å². The lowest BCUT2D eigenvalue weighted by Crippen LogP contribution is -2.71. The van der Waals surface area contributed by atoms with Crippen LogP contribution in [0.1, 0.15) is 37.7 Å². The predicted octanol–water partition coefficient (Wildman–Crippen LogP) is 1.97. The zero-order valence-electron chi connectivity index (χ0n) is 19.8. The number of carbonyl (C=O) groups excluding carboxylic acids is 2. The number of hydrogen-bond donors (Lipinski definition) is 3. The molecule has 1 atom stereocenters. The number of nitrogens with one attached hydrogen (secondary N) is 3. The van der Waals surface area contributed by atoms with Gasteiger partial charge in [0.15, 0.2) is 0 Å². The van der Waals surface area contributed by atoms with Crippen molar-refractivity contribution >= 4 is 35.0 Å². The molecule has 2 spiro atoms. The van der Waals surface area contributed by atoms with Crippen LogP contribution in [0.5, 0.6) is 0 Å². The van der Waals surface area contributed by atoms with Gasteiger partial charge in [0.1, 0.15) is 11.2 Å². The molecule has 0 bridgehead atoms. The van der Waals surface area contributed by atoms with Crippen molar-refractivity contribution in [3.05, 3.63) is 36.0 Å². The third-order valence-electron chi connectivity index (χ3n) is 8.69. The van der Waals surface area contributed by atoms with E-state index in [0.29, 0.717) is 36.6 Å². The number of hydrogen-bond acceptors (Lipinski definition) is 7. The smallest absolute Gasteiger partial charge is 0.244 e. The standard InChI is InChI=1S/C26H31N7O2/c34-22-26(9-10-28-22)11-17-12-29-24(31-21(17)33(23(26)35)20-3-1-2-4-20)30-18-5-7-19(8-6-18)32-15-25(16-32)13-27-14-25/h5-8,12,20,27H,1-4,9-11,13-16H2,(H,28,34)(H,29,30,31)/t26-/m1/s1. The molecule has 3 saturated heterocycles. The Kier molecular flexibility index (Phi) is 4.61. The van der Waals surface area contributed by atoms with Crippen LogP contribution in [-0.2, 0) is 16.0 Å². The van der Waals surface area contributed by atoms with Gasteiger partial charge in [-0.05, 0) is 43.5 Å². The zero-order valence-corrected chi connectivity index (χ0v) is 19.8. The Balaban J connectivity index is 1.14. The van der Waals surface area contributed by atoms with E-state index in [1.807, 2.05) is 4.90 Å². The Morgan fingerprint density at radius 2 is 1.83 bits per heavy atom. The highest BCUT2D eigenvalue weighted by Crippen LogP contribution is 2.44. The maximum atomic E-state index is 13.8. The van der Waals surface area contributed by atoms with Crippen LogP contribution in [0.25, 0.3) is 0 Å². The van der Waals surface area contributed by atoms with Crippen molar-refractivity contribution in [3.63, 3.8) is 0 Å². The molecule has 4 aliphatic heterocycles. The normalized spacial score (nSPS) is 27.1. The summed E-state index contributed by atoms with van der Waals surface area (Å²) in [4.78, 5) is 40.2. The van der Waals surface area contributed by atoms with Gasteiger partial charge < -0.3 is 20.9 Å². The van der Waals surface area contributed by atoms with E-state index in [-0.39, 0.29) is 17.9 Å². The first-order valence-electron chi connectivity index (χ1n) is 12.9. The maximum absolute atomic E-state index is 13.8. The molecule has 4 fully saturated rings. The van der Waals surface area contributed by atoms with Crippen LogP contribution < -0.4 is 25.8 Å². The molecule has 2 aromatic rings. The molecule has 1 aliphatic carbocycles. The van der Waals surface area contributed by atoms with E-state index in [9.17, 15) is 9.59 Å². The van der Waals surface area contributed by atoms with Gasteiger partial charge in [-0.1, -0.05) is 12.8 Å². The van der Waals surface area contributed by atoms with Gasteiger partial charge in [0.25, 0.3) is 0 Å². The molecule has 182 valence electrons. The zero-order chi connectivity index (χ0) is 23.6. The van der Waals surface area contributed by atoms with E-state index < -0.39 is 5.41 Å². The molecule has 1 saturated carbocycles. The van der Waals surface area contributed by atoms with Crippen molar-refractivity contribution < 1.29 is 9.59 Å². The van der Waals surface area contributed by atoms with Gasteiger partial charge >= 0.3 is 0 Å². The van der Waals surface area contributed by atoms with E-state index in [1.165, 1.54) is 5.69 Å². The summed E-state index contributed by atoms with van der Waals surface area (Å²) in [6, 6.07) is 8.48. The van der Waals surface area contributed by atoms with Crippen molar-refractivity contribution in [1.82, 2.24) is 20.6 Å². The van der Waals surface area contributed by atoms with Crippen LogP contribution in [0.2, 0.25) is 0 Å². The summed E-state index contributed by atoms with van der Waals surface area (Å²) in [5.74, 6) is 0.902. The molecule has 1 aromatic heterocycles. The number of amides is 2. The summed E-state index contributed by atoms with van der Waals surface area (Å²) in [6.45, 7) is 5.04. The van der Waals surface area contributed by atoms with Gasteiger partial charge in [-0.2, -0.15) is 4.98 Å². The lowest BCUT2D eigenvalue weighted by molar-refractivity contribution is -0.140. The van der Waals surface area contributed by atoms with Crippen LogP contribution in [-0.4, -0.2) is 60.5 Å². The van der Waals surface area contributed by atoms with Crippen molar-refractivity contribution in [3.8, 4) is 0 Å². The number of anilines is 4. The van der Waals surface area contributed by atoms with Gasteiger partial charge in [0, 0.05) is 73.7 Å². The van der Waals surface area contributed by atoms with Gasteiger partial charge in [0.05, 0.1) is 0 Å². The second kappa shape index (κ2) is 7.65. The number of fused-ring (bicyclic) bond motifs is 1. The van der Waals surface area contributed by atoms with Crippen LogP contribution in [0.15, 0.2) is 30.5 Å². The topological polar surface area (TPSA) is 102 Å². The van der Waals surface area contributed by atoms with E-state index in [0.717, 1.165) is 63.1 Å². The Bertz CT molecular complexity index is 1180. The Labute approximate surface area is 204 Å². The van der Waals surface area contributed by atoms with Gasteiger partial charge in [-0.3, -0.25) is 14.5 Å². The second-order valence-electron chi connectivity index (χ2n) is 11.1. The molecule has 0 unspecified atom stereocenters. The first-order chi connectivity index (χ1) is 17.1. The van der Waals surface area contributed by atoms with Crippen molar-refractivity contribution in [2.75, 3.05) is 47.8 Å². The minimum absolute atomic E-state index is 0.0881. The molecule has 9 nitrogen and oxygen atoms in total. The fraction of sp³-hybridized carbons (Fsp3) is 0.538. The third kappa shape index (κ3) is 3.24. The van der Waals surface area contributed by atoms with Crippen LogP contribution in [0.3, 0.4) is 0 Å². The highest BCUT2D eigenvalue weighted by atomic mass is 16.2. The van der Waals surface area contributed by atoms with E-state index in [2.05, 4.69) is 50.1 Å². The summed E-state index contributed by atoms with van der Waals surface area (Å²) >= 11 is 0. The molecule has 3 N–H and O–H groups in total. The number of benzene rings is 1. The lowest BCUT2D eigenvalue weighted by atomic mass is 9.74.